The maximum Gasteiger partial charge on any atom is 0.353 e. The fourth-order valence-electron chi connectivity index (χ4n) is 0.942. The molecule has 0 bridgehead atoms. The van der Waals surface area contributed by atoms with Gasteiger partial charge in [0.1, 0.15) is 11.4 Å². The Bertz CT molecular complexity index is 209. The molecule has 6 heteroatoms. The van der Waals surface area contributed by atoms with Gasteiger partial charge in [0.25, 0.3) is 0 Å². The summed E-state index contributed by atoms with van der Waals surface area (Å²) < 4.78 is 20.7. The lowest BCUT2D eigenvalue weighted by Crippen LogP contribution is -2.45. The average Bonchev–Trinajstić information content (AvgIpc) is 2.26. The fourth-order valence-corrected chi connectivity index (χ4v) is 1.04. The first-order chi connectivity index (χ1) is 7.51. The third kappa shape index (κ3) is 5.25. The minimum absolute atomic E-state index is 0.0410. The summed E-state index contributed by atoms with van der Waals surface area (Å²) in [5.41, 5.74) is 0. The molecule has 0 aromatic rings. The van der Waals surface area contributed by atoms with Gasteiger partial charge < -0.3 is 18.9 Å². The van der Waals surface area contributed by atoms with E-state index in [2.05, 4.69) is 15.9 Å². The van der Waals surface area contributed by atoms with Crippen molar-refractivity contribution in [2.45, 2.75) is 31.6 Å². The number of esters is 1. The highest BCUT2D eigenvalue weighted by Crippen LogP contribution is 2.18. The van der Waals surface area contributed by atoms with Crippen LogP contribution in [0.2, 0.25) is 0 Å². The minimum atomic E-state index is -1.45. The van der Waals surface area contributed by atoms with Gasteiger partial charge in [0, 0.05) is 13.7 Å². The number of methoxy groups -OCH3 is 1. The lowest BCUT2D eigenvalue weighted by atomic mass is 10.5. The van der Waals surface area contributed by atoms with Gasteiger partial charge in [0.05, 0.1) is 6.61 Å². The molecule has 0 N–H and O–H groups in total. The number of halogens is 1. The van der Waals surface area contributed by atoms with Crippen LogP contribution in [0.15, 0.2) is 0 Å². The first-order valence-electron chi connectivity index (χ1n) is 5.15. The van der Waals surface area contributed by atoms with Crippen molar-refractivity contribution in [3.63, 3.8) is 0 Å². The third-order valence-electron chi connectivity index (χ3n) is 1.74. The second-order valence-corrected chi connectivity index (χ2v) is 4.37. The third-order valence-corrected chi connectivity index (χ3v) is 2.11. The molecule has 0 aliphatic rings. The highest BCUT2D eigenvalue weighted by Gasteiger charge is 2.37. The topological polar surface area (TPSA) is 54.0 Å². The summed E-state index contributed by atoms with van der Waals surface area (Å²) in [5.74, 6) is -1.92. The maximum atomic E-state index is 11.5. The normalized spacial score (nSPS) is 16.6. The number of carbonyl (C=O) groups excluding carboxylic acids is 1. The molecule has 0 rings (SSSR count). The van der Waals surface area contributed by atoms with E-state index in [1.54, 1.807) is 13.8 Å². The van der Waals surface area contributed by atoms with Crippen LogP contribution in [0, 0.1) is 0 Å². The van der Waals surface area contributed by atoms with E-state index < -0.39 is 16.8 Å². The predicted octanol–water partition coefficient (Wildman–Crippen LogP) is 1.69. The van der Waals surface area contributed by atoms with Gasteiger partial charge in [-0.15, -0.1) is 0 Å². The monoisotopic (exact) mass is 298 g/mol. The zero-order valence-corrected chi connectivity index (χ0v) is 11.7. The van der Waals surface area contributed by atoms with Crippen LogP contribution in [-0.4, -0.2) is 43.7 Å². The van der Waals surface area contributed by atoms with E-state index in [1.807, 2.05) is 6.92 Å². The summed E-state index contributed by atoms with van der Waals surface area (Å²) in [7, 11) is 1.40. The van der Waals surface area contributed by atoms with Gasteiger partial charge in [0.15, 0.2) is 0 Å². The van der Waals surface area contributed by atoms with Gasteiger partial charge in [-0.05, 0) is 20.8 Å². The number of ether oxygens (including phenoxy) is 4. The molecule has 96 valence electrons. The van der Waals surface area contributed by atoms with Crippen LogP contribution in [0.3, 0.4) is 0 Å². The first-order valence-corrected chi connectivity index (χ1v) is 6.06. The van der Waals surface area contributed by atoms with Gasteiger partial charge >= 0.3 is 11.9 Å². The summed E-state index contributed by atoms with van der Waals surface area (Å²) in [6.07, 6.45) is 0. The van der Waals surface area contributed by atoms with E-state index in [1.165, 1.54) is 7.11 Å². The molecule has 0 saturated carbocycles. The highest BCUT2D eigenvalue weighted by molar-refractivity contribution is 9.10. The molecule has 0 fully saturated rings. The summed E-state index contributed by atoms with van der Waals surface area (Å²) >= 11 is 3.11. The molecular formula is C10H19BrO5. The molecule has 5 nitrogen and oxygen atoms in total. The van der Waals surface area contributed by atoms with Gasteiger partial charge in [-0.2, -0.15) is 0 Å². The Morgan fingerprint density at radius 2 is 2.00 bits per heavy atom. The summed E-state index contributed by atoms with van der Waals surface area (Å²) in [6.45, 7) is 6.16. The van der Waals surface area contributed by atoms with Gasteiger partial charge in [-0.25, -0.2) is 0 Å². The Morgan fingerprint density at radius 3 is 2.38 bits per heavy atom. The van der Waals surface area contributed by atoms with Crippen molar-refractivity contribution >= 4 is 21.9 Å². The summed E-state index contributed by atoms with van der Waals surface area (Å²) in [6, 6.07) is 0. The fraction of sp³-hybridized carbons (Fsp3) is 0.900. The Morgan fingerprint density at radius 1 is 1.38 bits per heavy atom. The van der Waals surface area contributed by atoms with Crippen molar-refractivity contribution in [3.05, 3.63) is 0 Å². The first kappa shape index (κ1) is 15.8. The predicted molar refractivity (Wildman–Crippen MR) is 62.3 cm³/mol. The molecule has 0 aliphatic heterocycles. The molecule has 16 heavy (non-hydrogen) atoms. The van der Waals surface area contributed by atoms with Crippen LogP contribution in [0.5, 0.6) is 0 Å². The molecule has 0 saturated heterocycles. The van der Waals surface area contributed by atoms with E-state index in [0.29, 0.717) is 13.2 Å². The number of rotatable bonds is 8. The minimum Gasteiger partial charge on any atom is -0.405 e. The smallest absolute Gasteiger partial charge is 0.353 e. The standard InChI is InChI=1S/C10H19BrO5/c1-5-14-7-10(13-4,15-6-2)16-9(12)8(3)11/h8H,5-7H2,1-4H3. The Hall–Kier alpha value is -0.170. The van der Waals surface area contributed by atoms with Gasteiger partial charge in [-0.1, -0.05) is 15.9 Å². The van der Waals surface area contributed by atoms with Crippen LogP contribution in [0.4, 0.5) is 0 Å². The zero-order chi connectivity index (χ0) is 12.6. The van der Waals surface area contributed by atoms with Crippen molar-refractivity contribution < 1.29 is 23.7 Å². The van der Waals surface area contributed by atoms with E-state index >= 15 is 0 Å². The maximum absolute atomic E-state index is 11.5. The molecule has 0 spiro atoms. The average molecular weight is 299 g/mol. The molecule has 2 unspecified atom stereocenters. The van der Waals surface area contributed by atoms with Crippen molar-refractivity contribution in [3.8, 4) is 0 Å². The lowest BCUT2D eigenvalue weighted by Gasteiger charge is -2.30. The van der Waals surface area contributed by atoms with E-state index in [9.17, 15) is 4.79 Å². The number of hydrogen-bond donors (Lipinski definition) is 0. The van der Waals surface area contributed by atoms with Gasteiger partial charge in [-0.3, -0.25) is 4.79 Å². The number of alkyl halides is 1. The SMILES string of the molecule is CCOCC(OC)(OCC)OC(=O)C(C)Br. The molecule has 2 atom stereocenters. The van der Waals surface area contributed by atoms with Crippen LogP contribution >= 0.6 is 15.9 Å². The van der Waals surface area contributed by atoms with Crippen LogP contribution < -0.4 is 0 Å². The number of carbonyl (C=O) groups is 1. The zero-order valence-electron chi connectivity index (χ0n) is 10.1. The molecule has 0 aromatic heterocycles. The summed E-state index contributed by atoms with van der Waals surface area (Å²) in [4.78, 5) is 11.0. The Kier molecular flexibility index (Phi) is 7.91. The van der Waals surface area contributed by atoms with Crippen molar-refractivity contribution in [2.75, 3.05) is 26.9 Å². The van der Waals surface area contributed by atoms with Gasteiger partial charge in [0.2, 0.25) is 0 Å². The van der Waals surface area contributed by atoms with E-state index in [0.717, 1.165) is 0 Å². The second kappa shape index (κ2) is 8.00. The molecule has 0 heterocycles. The van der Waals surface area contributed by atoms with Crippen LogP contribution in [0.1, 0.15) is 20.8 Å². The molecular weight excluding hydrogens is 280 g/mol. The molecule has 0 amide bonds. The van der Waals surface area contributed by atoms with Crippen molar-refractivity contribution in [1.29, 1.82) is 0 Å². The van der Waals surface area contributed by atoms with Crippen LogP contribution in [-0.2, 0) is 23.7 Å². The highest BCUT2D eigenvalue weighted by atomic mass is 79.9. The quantitative estimate of drug-likeness (QED) is 0.388. The number of hydrogen-bond acceptors (Lipinski definition) is 5. The van der Waals surface area contributed by atoms with Crippen molar-refractivity contribution in [2.24, 2.45) is 0 Å². The lowest BCUT2D eigenvalue weighted by molar-refractivity contribution is -0.367. The Balaban J connectivity index is 4.54. The van der Waals surface area contributed by atoms with Crippen molar-refractivity contribution in [1.82, 2.24) is 0 Å². The molecule has 0 radical (unpaired) electrons. The molecule has 0 aromatic carbocycles. The van der Waals surface area contributed by atoms with E-state index in [4.69, 9.17) is 18.9 Å². The Labute approximate surface area is 105 Å². The van der Waals surface area contributed by atoms with Crippen LogP contribution in [0.25, 0.3) is 0 Å². The van der Waals surface area contributed by atoms with E-state index in [-0.39, 0.29) is 6.61 Å². The summed E-state index contributed by atoms with van der Waals surface area (Å²) in [5, 5.41) is 0. The molecule has 0 aliphatic carbocycles. The second-order valence-electron chi connectivity index (χ2n) is 2.99. The largest absolute Gasteiger partial charge is 0.405 e.